The molecule has 1 aromatic rings. The highest BCUT2D eigenvalue weighted by Gasteiger charge is 2.55. The van der Waals surface area contributed by atoms with Gasteiger partial charge >= 0.3 is 0 Å². The van der Waals surface area contributed by atoms with Gasteiger partial charge in [-0.3, -0.25) is 9.59 Å². The molecule has 0 bridgehead atoms. The normalized spacial score (nSPS) is 27.1. The average Bonchev–Trinajstić information content (AvgIpc) is 2.47. The van der Waals surface area contributed by atoms with Gasteiger partial charge in [-0.25, -0.2) is 0 Å². The number of hydrogen-bond donors (Lipinski definition) is 1. The summed E-state index contributed by atoms with van der Waals surface area (Å²) < 4.78 is 10.9. The SMILES string of the molecule is COCC1(C)OC(C)(C)C(=O)C(c2ccc(ON)cc2C)C1=O. The quantitative estimate of drug-likeness (QED) is 0.670. The Morgan fingerprint density at radius 1 is 1.22 bits per heavy atom. The summed E-state index contributed by atoms with van der Waals surface area (Å²) in [7, 11) is 1.50. The van der Waals surface area contributed by atoms with Gasteiger partial charge < -0.3 is 14.3 Å². The second kappa shape index (κ2) is 6.03. The summed E-state index contributed by atoms with van der Waals surface area (Å²) >= 11 is 0. The van der Waals surface area contributed by atoms with Crippen LogP contribution in [0.4, 0.5) is 0 Å². The van der Waals surface area contributed by atoms with Crippen LogP contribution in [0, 0.1) is 6.92 Å². The Labute approximate surface area is 135 Å². The van der Waals surface area contributed by atoms with Crippen LogP contribution in [0.3, 0.4) is 0 Å². The molecule has 1 heterocycles. The third-order valence-corrected chi connectivity index (χ3v) is 4.23. The van der Waals surface area contributed by atoms with Crippen LogP contribution in [0.2, 0.25) is 0 Å². The van der Waals surface area contributed by atoms with E-state index in [1.54, 1.807) is 39.0 Å². The Kier molecular flexibility index (Phi) is 4.61. The lowest BCUT2D eigenvalue weighted by molar-refractivity contribution is -0.195. The second-order valence-electron chi connectivity index (χ2n) is 6.57. The van der Waals surface area contributed by atoms with E-state index in [-0.39, 0.29) is 18.2 Å². The zero-order valence-corrected chi connectivity index (χ0v) is 14.1. The minimum Gasteiger partial charge on any atom is -0.412 e. The molecule has 0 aliphatic carbocycles. The molecule has 23 heavy (non-hydrogen) atoms. The molecule has 0 amide bonds. The smallest absolute Gasteiger partial charge is 0.181 e. The van der Waals surface area contributed by atoms with Gasteiger partial charge in [0.25, 0.3) is 0 Å². The molecule has 1 fully saturated rings. The molecule has 6 nitrogen and oxygen atoms in total. The Morgan fingerprint density at radius 2 is 1.87 bits per heavy atom. The molecule has 2 unspecified atom stereocenters. The predicted molar refractivity (Wildman–Crippen MR) is 84.2 cm³/mol. The molecule has 0 spiro atoms. The number of Topliss-reactive ketones (excluding diaryl/α,β-unsaturated/α-hetero) is 2. The Hall–Kier alpha value is -1.76. The minimum absolute atomic E-state index is 0.0854. The number of hydrogen-bond acceptors (Lipinski definition) is 6. The summed E-state index contributed by atoms with van der Waals surface area (Å²) in [5.41, 5.74) is -0.857. The van der Waals surface area contributed by atoms with Gasteiger partial charge in [-0.15, -0.1) is 0 Å². The van der Waals surface area contributed by atoms with Crippen LogP contribution in [0.25, 0.3) is 0 Å². The lowest BCUT2D eigenvalue weighted by Gasteiger charge is -2.44. The first kappa shape index (κ1) is 17.6. The van der Waals surface area contributed by atoms with E-state index in [1.807, 2.05) is 6.92 Å². The number of carbonyl (C=O) groups excluding carboxylic acids is 2. The van der Waals surface area contributed by atoms with Gasteiger partial charge in [0.05, 0.1) is 6.61 Å². The first-order chi connectivity index (χ1) is 10.7. The molecule has 126 valence electrons. The van der Waals surface area contributed by atoms with Crippen LogP contribution in [-0.4, -0.2) is 36.5 Å². The second-order valence-corrected chi connectivity index (χ2v) is 6.57. The third-order valence-electron chi connectivity index (χ3n) is 4.23. The molecule has 1 aliphatic rings. The van der Waals surface area contributed by atoms with Crippen molar-refractivity contribution in [1.29, 1.82) is 0 Å². The molecule has 2 N–H and O–H groups in total. The van der Waals surface area contributed by atoms with Gasteiger partial charge in [-0.2, -0.15) is 5.90 Å². The van der Waals surface area contributed by atoms with E-state index in [4.69, 9.17) is 20.2 Å². The number of nitrogens with two attached hydrogens (primary N) is 1. The van der Waals surface area contributed by atoms with Gasteiger partial charge in [0.15, 0.2) is 11.6 Å². The molecule has 0 radical (unpaired) electrons. The minimum atomic E-state index is -1.17. The Morgan fingerprint density at radius 3 is 2.39 bits per heavy atom. The lowest BCUT2D eigenvalue weighted by Crippen LogP contribution is -2.61. The van der Waals surface area contributed by atoms with E-state index >= 15 is 0 Å². The zero-order valence-electron chi connectivity index (χ0n) is 14.1. The summed E-state index contributed by atoms with van der Waals surface area (Å²) in [5, 5.41) is 0. The van der Waals surface area contributed by atoms with Crippen molar-refractivity contribution in [3.63, 3.8) is 0 Å². The maximum atomic E-state index is 13.0. The summed E-state index contributed by atoms with van der Waals surface area (Å²) in [5.74, 6) is 4.17. The van der Waals surface area contributed by atoms with E-state index in [0.29, 0.717) is 11.3 Å². The van der Waals surface area contributed by atoms with Gasteiger partial charge in [0, 0.05) is 7.11 Å². The number of carbonyl (C=O) groups is 2. The molecular weight excluding hydrogens is 298 g/mol. The largest absolute Gasteiger partial charge is 0.412 e. The van der Waals surface area contributed by atoms with Crippen molar-refractivity contribution in [3.8, 4) is 5.75 Å². The summed E-state index contributed by atoms with van der Waals surface area (Å²) in [6.45, 7) is 6.91. The highest BCUT2D eigenvalue weighted by Crippen LogP contribution is 2.40. The highest BCUT2D eigenvalue weighted by atomic mass is 16.6. The number of ether oxygens (including phenoxy) is 2. The molecule has 6 heteroatoms. The topological polar surface area (TPSA) is 87.8 Å². The fraction of sp³-hybridized carbons (Fsp3) is 0.529. The van der Waals surface area contributed by atoms with Gasteiger partial charge in [0.2, 0.25) is 0 Å². The Bertz CT molecular complexity index is 640. The fourth-order valence-electron chi connectivity index (χ4n) is 3.14. The van der Waals surface area contributed by atoms with Crippen molar-refractivity contribution >= 4 is 11.6 Å². The lowest BCUT2D eigenvalue weighted by atomic mass is 9.73. The van der Waals surface area contributed by atoms with Crippen LogP contribution in [0.1, 0.15) is 37.8 Å². The van der Waals surface area contributed by atoms with Crippen LogP contribution >= 0.6 is 0 Å². The first-order valence-electron chi connectivity index (χ1n) is 7.41. The zero-order chi connectivity index (χ0) is 17.4. The van der Waals surface area contributed by atoms with Gasteiger partial charge in [-0.05, 0) is 51.0 Å². The standard InChI is InChI=1S/C17H23NO5/c1-10-8-11(22-18)6-7-12(10)13-14(19)16(2,3)23-17(4,9-21-5)15(13)20/h6-8,13H,9,18H2,1-5H3. The highest BCUT2D eigenvalue weighted by molar-refractivity contribution is 6.15. The molecule has 0 aromatic heterocycles. The maximum absolute atomic E-state index is 13.0. The maximum Gasteiger partial charge on any atom is 0.181 e. The van der Waals surface area contributed by atoms with Crippen LogP contribution in [0.15, 0.2) is 18.2 Å². The molecule has 1 aromatic carbocycles. The van der Waals surface area contributed by atoms with Crippen LogP contribution in [0.5, 0.6) is 5.75 Å². The van der Waals surface area contributed by atoms with Crippen molar-refractivity contribution in [3.05, 3.63) is 29.3 Å². The van der Waals surface area contributed by atoms with E-state index in [2.05, 4.69) is 0 Å². The van der Waals surface area contributed by atoms with Crippen molar-refractivity contribution < 1.29 is 23.9 Å². The average molecular weight is 321 g/mol. The summed E-state index contributed by atoms with van der Waals surface area (Å²) in [6.07, 6.45) is 0. The number of methoxy groups -OCH3 is 1. The van der Waals surface area contributed by atoms with Crippen molar-refractivity contribution in [2.24, 2.45) is 5.90 Å². The van der Waals surface area contributed by atoms with Crippen molar-refractivity contribution in [2.75, 3.05) is 13.7 Å². The van der Waals surface area contributed by atoms with E-state index in [1.165, 1.54) is 7.11 Å². The fourth-order valence-corrected chi connectivity index (χ4v) is 3.14. The molecule has 2 rings (SSSR count). The van der Waals surface area contributed by atoms with Crippen LogP contribution < -0.4 is 10.7 Å². The van der Waals surface area contributed by atoms with Gasteiger partial charge in [-0.1, -0.05) is 6.07 Å². The van der Waals surface area contributed by atoms with E-state index in [0.717, 1.165) is 5.56 Å². The molecule has 2 atom stereocenters. The van der Waals surface area contributed by atoms with Gasteiger partial charge in [0.1, 0.15) is 22.9 Å². The summed E-state index contributed by atoms with van der Waals surface area (Å²) in [6, 6.07) is 5.04. The number of benzene rings is 1. The van der Waals surface area contributed by atoms with Crippen LogP contribution in [-0.2, 0) is 19.1 Å². The summed E-state index contributed by atoms with van der Waals surface area (Å²) in [4.78, 5) is 30.5. The number of aryl methyl sites for hydroxylation is 1. The van der Waals surface area contributed by atoms with Crippen molar-refractivity contribution in [2.45, 2.75) is 44.8 Å². The first-order valence-corrected chi connectivity index (χ1v) is 7.41. The molecular formula is C17H23NO5. The molecule has 1 saturated heterocycles. The van der Waals surface area contributed by atoms with Crippen molar-refractivity contribution in [1.82, 2.24) is 0 Å². The van der Waals surface area contributed by atoms with E-state index in [9.17, 15) is 9.59 Å². The number of ketones is 2. The Balaban J connectivity index is 2.54. The predicted octanol–water partition coefficient (Wildman–Crippen LogP) is 1.68. The molecule has 0 saturated carbocycles. The van der Waals surface area contributed by atoms with E-state index < -0.39 is 17.1 Å². The third kappa shape index (κ3) is 3.02. The monoisotopic (exact) mass is 321 g/mol. The molecule has 1 aliphatic heterocycles. The number of rotatable bonds is 4.